The van der Waals surface area contributed by atoms with E-state index in [-0.39, 0.29) is 12.4 Å². The molecule has 0 bridgehead atoms. The molecule has 0 aromatic heterocycles. The van der Waals surface area contributed by atoms with E-state index < -0.39 is 5.97 Å². The molecule has 0 amide bonds. The molecule has 0 saturated heterocycles. The van der Waals surface area contributed by atoms with E-state index in [9.17, 15) is 9.59 Å². The van der Waals surface area contributed by atoms with Crippen LogP contribution >= 0.6 is 11.8 Å². The van der Waals surface area contributed by atoms with E-state index in [0.29, 0.717) is 24.5 Å². The second-order valence-electron chi connectivity index (χ2n) is 6.38. The van der Waals surface area contributed by atoms with E-state index in [0.717, 1.165) is 18.8 Å². The first-order valence-corrected chi connectivity index (χ1v) is 10.1. The molecule has 23 heavy (non-hydrogen) atoms. The van der Waals surface area contributed by atoms with Crippen LogP contribution in [0.1, 0.15) is 78.1 Å². The van der Waals surface area contributed by atoms with Crippen LogP contribution in [0, 0.1) is 5.92 Å². The molecular weight excluding hydrogens is 312 g/mol. The fraction of sp³-hybridized carbons (Fsp3) is 0.889. The van der Waals surface area contributed by atoms with Gasteiger partial charge in [-0.15, -0.1) is 0 Å². The lowest BCUT2D eigenvalue weighted by atomic mass is 10.0. The molecule has 4 nitrogen and oxygen atoms in total. The highest BCUT2D eigenvalue weighted by atomic mass is 32.2. The molecule has 0 heterocycles. The Morgan fingerprint density at radius 1 is 0.913 bits per heavy atom. The zero-order valence-electron chi connectivity index (χ0n) is 14.8. The van der Waals surface area contributed by atoms with E-state index in [1.54, 1.807) is 0 Å². The Labute approximate surface area is 145 Å². The first-order chi connectivity index (χ1) is 11.0. The van der Waals surface area contributed by atoms with Gasteiger partial charge in [0, 0.05) is 11.5 Å². The maximum Gasteiger partial charge on any atom is 0.306 e. The Kier molecular flexibility index (Phi) is 15.7. The van der Waals surface area contributed by atoms with Gasteiger partial charge in [0.1, 0.15) is 0 Å². The minimum absolute atomic E-state index is 0.150. The SMILES string of the molecule is CC(C)CCCCCCCCCOC(=O)CCSCCC(=O)O. The second kappa shape index (κ2) is 16.2. The summed E-state index contributed by atoms with van der Waals surface area (Å²) in [5.74, 6) is 1.06. The van der Waals surface area contributed by atoms with Crippen LogP contribution in [0.3, 0.4) is 0 Å². The fourth-order valence-electron chi connectivity index (χ4n) is 2.21. The third-order valence-electron chi connectivity index (χ3n) is 3.60. The summed E-state index contributed by atoms with van der Waals surface area (Å²) in [6.07, 6.45) is 10.5. The average molecular weight is 347 g/mol. The number of hydrogen-bond donors (Lipinski definition) is 1. The van der Waals surface area contributed by atoms with Gasteiger partial charge in [0.25, 0.3) is 0 Å². The van der Waals surface area contributed by atoms with Crippen molar-refractivity contribution in [2.75, 3.05) is 18.1 Å². The van der Waals surface area contributed by atoms with Crippen molar-refractivity contribution >= 4 is 23.7 Å². The van der Waals surface area contributed by atoms with Gasteiger partial charge in [-0.2, -0.15) is 11.8 Å². The number of hydrogen-bond acceptors (Lipinski definition) is 4. The molecule has 0 fully saturated rings. The average Bonchev–Trinajstić information content (AvgIpc) is 2.48. The molecule has 0 spiro atoms. The maximum absolute atomic E-state index is 11.5. The first kappa shape index (κ1) is 22.3. The highest BCUT2D eigenvalue weighted by molar-refractivity contribution is 7.99. The predicted octanol–water partition coefficient (Wildman–Crippen LogP) is 4.90. The minimum Gasteiger partial charge on any atom is -0.481 e. The standard InChI is InChI=1S/C18H34O4S/c1-16(2)10-8-6-4-3-5-7-9-13-22-18(21)12-15-23-14-11-17(19)20/h16H,3-15H2,1-2H3,(H,19,20). The number of unbranched alkanes of at least 4 members (excludes halogenated alkanes) is 6. The highest BCUT2D eigenvalue weighted by Gasteiger charge is 2.03. The molecule has 0 saturated carbocycles. The fourth-order valence-corrected chi connectivity index (χ4v) is 3.05. The Bertz CT molecular complexity index is 305. The number of carbonyl (C=O) groups excluding carboxylic acids is 1. The molecule has 0 radical (unpaired) electrons. The topological polar surface area (TPSA) is 63.6 Å². The lowest BCUT2D eigenvalue weighted by molar-refractivity contribution is -0.143. The van der Waals surface area contributed by atoms with Crippen molar-refractivity contribution < 1.29 is 19.4 Å². The van der Waals surface area contributed by atoms with Gasteiger partial charge < -0.3 is 9.84 Å². The van der Waals surface area contributed by atoms with Gasteiger partial charge in [0.05, 0.1) is 19.4 Å². The van der Waals surface area contributed by atoms with Gasteiger partial charge in [0.15, 0.2) is 0 Å². The van der Waals surface area contributed by atoms with Crippen LogP contribution in [0.2, 0.25) is 0 Å². The molecule has 0 atom stereocenters. The first-order valence-electron chi connectivity index (χ1n) is 8.97. The Hall–Kier alpha value is -0.710. The molecule has 1 N–H and O–H groups in total. The van der Waals surface area contributed by atoms with Crippen LogP contribution in [0.5, 0.6) is 0 Å². The molecule has 0 aliphatic carbocycles. The van der Waals surface area contributed by atoms with Crippen molar-refractivity contribution in [1.82, 2.24) is 0 Å². The van der Waals surface area contributed by atoms with Crippen LogP contribution in [0.15, 0.2) is 0 Å². The number of aliphatic carboxylic acids is 1. The molecule has 5 heteroatoms. The van der Waals surface area contributed by atoms with Gasteiger partial charge in [0.2, 0.25) is 0 Å². The van der Waals surface area contributed by atoms with Crippen LogP contribution in [-0.4, -0.2) is 35.2 Å². The number of carboxylic acid groups (broad SMARTS) is 1. The molecule has 0 aliphatic heterocycles. The molecule has 136 valence electrons. The Morgan fingerprint density at radius 3 is 2.09 bits per heavy atom. The van der Waals surface area contributed by atoms with Crippen molar-refractivity contribution in [2.45, 2.75) is 78.1 Å². The number of esters is 1. The van der Waals surface area contributed by atoms with E-state index in [2.05, 4.69) is 13.8 Å². The van der Waals surface area contributed by atoms with Crippen LogP contribution in [0.4, 0.5) is 0 Å². The maximum atomic E-state index is 11.5. The van der Waals surface area contributed by atoms with Crippen molar-refractivity contribution in [2.24, 2.45) is 5.92 Å². The molecular formula is C18H34O4S. The van der Waals surface area contributed by atoms with E-state index in [1.807, 2.05) is 0 Å². The molecule has 0 aromatic rings. The number of thioether (sulfide) groups is 1. The van der Waals surface area contributed by atoms with Gasteiger partial charge in [-0.25, -0.2) is 0 Å². The van der Waals surface area contributed by atoms with E-state index in [4.69, 9.17) is 9.84 Å². The van der Waals surface area contributed by atoms with Crippen molar-refractivity contribution in [3.8, 4) is 0 Å². The normalized spacial score (nSPS) is 10.9. The summed E-state index contributed by atoms with van der Waals surface area (Å²) < 4.78 is 5.17. The third-order valence-corrected chi connectivity index (χ3v) is 4.59. The summed E-state index contributed by atoms with van der Waals surface area (Å²) in [5, 5.41) is 8.49. The molecule has 0 unspecified atom stereocenters. The summed E-state index contributed by atoms with van der Waals surface area (Å²) in [6, 6.07) is 0. The van der Waals surface area contributed by atoms with Crippen LogP contribution in [0.25, 0.3) is 0 Å². The zero-order valence-corrected chi connectivity index (χ0v) is 15.7. The largest absolute Gasteiger partial charge is 0.481 e. The Balaban J connectivity index is 3.19. The minimum atomic E-state index is -0.792. The lowest BCUT2D eigenvalue weighted by Gasteiger charge is -2.06. The zero-order chi connectivity index (χ0) is 17.3. The van der Waals surface area contributed by atoms with Crippen LogP contribution < -0.4 is 0 Å². The summed E-state index contributed by atoms with van der Waals surface area (Å²) >= 11 is 1.49. The summed E-state index contributed by atoms with van der Waals surface area (Å²) in [4.78, 5) is 21.8. The molecule has 0 aromatic carbocycles. The van der Waals surface area contributed by atoms with Gasteiger partial charge >= 0.3 is 11.9 Å². The number of carboxylic acids is 1. The summed E-state index contributed by atoms with van der Waals surface area (Å²) in [5.41, 5.74) is 0. The number of carbonyl (C=O) groups is 2. The quantitative estimate of drug-likeness (QED) is 0.318. The van der Waals surface area contributed by atoms with E-state index in [1.165, 1.54) is 50.3 Å². The highest BCUT2D eigenvalue weighted by Crippen LogP contribution is 2.12. The second-order valence-corrected chi connectivity index (χ2v) is 7.61. The third kappa shape index (κ3) is 19.2. The Morgan fingerprint density at radius 2 is 1.48 bits per heavy atom. The summed E-state index contributed by atoms with van der Waals surface area (Å²) in [6.45, 7) is 5.07. The van der Waals surface area contributed by atoms with Crippen molar-refractivity contribution in [3.63, 3.8) is 0 Å². The van der Waals surface area contributed by atoms with Crippen molar-refractivity contribution in [3.05, 3.63) is 0 Å². The monoisotopic (exact) mass is 346 g/mol. The summed E-state index contributed by atoms with van der Waals surface area (Å²) in [7, 11) is 0. The van der Waals surface area contributed by atoms with Gasteiger partial charge in [-0.05, 0) is 12.3 Å². The molecule has 0 aliphatic rings. The number of rotatable bonds is 16. The van der Waals surface area contributed by atoms with Crippen molar-refractivity contribution in [1.29, 1.82) is 0 Å². The predicted molar refractivity (Wildman–Crippen MR) is 96.9 cm³/mol. The van der Waals surface area contributed by atoms with E-state index >= 15 is 0 Å². The van der Waals surface area contributed by atoms with Crippen LogP contribution in [-0.2, 0) is 14.3 Å². The molecule has 0 rings (SSSR count). The number of ether oxygens (including phenoxy) is 1. The van der Waals surface area contributed by atoms with Gasteiger partial charge in [-0.3, -0.25) is 9.59 Å². The smallest absolute Gasteiger partial charge is 0.306 e. The van der Waals surface area contributed by atoms with Gasteiger partial charge in [-0.1, -0.05) is 58.8 Å². The lowest BCUT2D eigenvalue weighted by Crippen LogP contribution is -2.07.